The Balaban J connectivity index is 1.67. The Hall–Kier alpha value is -2.60. The van der Waals surface area contributed by atoms with Crippen molar-refractivity contribution >= 4 is 33.1 Å². The number of hydrogen-bond donors (Lipinski definition) is 1. The summed E-state index contributed by atoms with van der Waals surface area (Å²) in [7, 11) is 1.73. The van der Waals surface area contributed by atoms with Gasteiger partial charge in [0.1, 0.15) is 5.75 Å². The minimum atomic E-state index is -0.239. The van der Waals surface area contributed by atoms with Gasteiger partial charge in [0.25, 0.3) is 5.91 Å². The van der Waals surface area contributed by atoms with Crippen molar-refractivity contribution < 1.29 is 9.53 Å². The summed E-state index contributed by atoms with van der Waals surface area (Å²) in [5.41, 5.74) is 3.69. The summed E-state index contributed by atoms with van der Waals surface area (Å²) in [4.78, 5) is 23.7. The molecule has 0 fully saturated rings. The Morgan fingerprint density at radius 3 is 2.58 bits per heavy atom. The maximum absolute atomic E-state index is 12.1. The highest BCUT2D eigenvalue weighted by molar-refractivity contribution is 7.16. The van der Waals surface area contributed by atoms with Crippen molar-refractivity contribution in [3.63, 3.8) is 0 Å². The van der Waals surface area contributed by atoms with Gasteiger partial charge in [-0.1, -0.05) is 17.4 Å². The Labute approximate surface area is 143 Å². The second-order valence-corrected chi connectivity index (χ2v) is 6.76. The molecule has 1 amide bonds. The van der Waals surface area contributed by atoms with E-state index in [0.717, 1.165) is 32.7 Å². The zero-order valence-electron chi connectivity index (χ0n) is 13.8. The summed E-state index contributed by atoms with van der Waals surface area (Å²) in [6, 6.07) is 11.3. The van der Waals surface area contributed by atoms with Gasteiger partial charge in [0.05, 0.1) is 10.2 Å². The van der Waals surface area contributed by atoms with Crippen LogP contribution in [0.15, 0.2) is 41.2 Å². The second-order valence-electron chi connectivity index (χ2n) is 5.77. The molecule has 3 aromatic rings. The highest BCUT2D eigenvalue weighted by Crippen LogP contribution is 2.21. The first-order chi connectivity index (χ1) is 11.4. The van der Waals surface area contributed by atoms with E-state index in [-0.39, 0.29) is 17.4 Å². The number of aryl methyl sites for hydroxylation is 3. The number of nitrogens with zero attached hydrogens (tertiary/aromatic N) is 1. The van der Waals surface area contributed by atoms with Gasteiger partial charge >= 0.3 is 4.87 Å². The predicted octanol–water partition coefficient (Wildman–Crippen LogP) is 3.23. The van der Waals surface area contributed by atoms with E-state index in [1.165, 1.54) is 0 Å². The Bertz CT molecular complexity index is 952. The second kappa shape index (κ2) is 6.49. The molecule has 0 radical (unpaired) electrons. The van der Waals surface area contributed by atoms with E-state index in [1.54, 1.807) is 23.7 Å². The standard InChI is InChI=1S/C18H18N2O3S/c1-11-6-12(2)8-14(7-11)23-10-17(21)19-13-4-5-15-16(9-13)24-18(22)20(15)3/h4-9H,10H2,1-3H3,(H,19,21). The van der Waals surface area contributed by atoms with Gasteiger partial charge in [-0.05, 0) is 55.3 Å². The van der Waals surface area contributed by atoms with E-state index in [9.17, 15) is 9.59 Å². The van der Waals surface area contributed by atoms with Crippen LogP contribution >= 0.6 is 11.3 Å². The molecule has 0 aliphatic carbocycles. The SMILES string of the molecule is Cc1cc(C)cc(OCC(=O)Nc2ccc3c(c2)sc(=O)n3C)c1. The number of amides is 1. The largest absolute Gasteiger partial charge is 0.484 e. The topological polar surface area (TPSA) is 60.3 Å². The lowest BCUT2D eigenvalue weighted by Gasteiger charge is -2.09. The molecule has 0 unspecified atom stereocenters. The maximum atomic E-state index is 12.1. The van der Waals surface area contributed by atoms with E-state index >= 15 is 0 Å². The Morgan fingerprint density at radius 2 is 1.88 bits per heavy atom. The van der Waals surface area contributed by atoms with Gasteiger partial charge in [-0.2, -0.15) is 0 Å². The molecule has 1 N–H and O–H groups in total. The molecule has 0 aliphatic rings. The van der Waals surface area contributed by atoms with E-state index in [1.807, 2.05) is 38.1 Å². The molecule has 24 heavy (non-hydrogen) atoms. The van der Waals surface area contributed by atoms with Crippen LogP contribution in [0, 0.1) is 13.8 Å². The molecular formula is C18H18N2O3S. The monoisotopic (exact) mass is 342 g/mol. The summed E-state index contributed by atoms with van der Waals surface area (Å²) in [6.07, 6.45) is 0. The molecule has 0 bridgehead atoms. The van der Waals surface area contributed by atoms with Crippen molar-refractivity contribution in [1.29, 1.82) is 0 Å². The van der Waals surface area contributed by atoms with Crippen molar-refractivity contribution in [2.24, 2.45) is 7.05 Å². The molecule has 2 aromatic carbocycles. The first-order valence-corrected chi connectivity index (χ1v) is 8.34. The van der Waals surface area contributed by atoms with E-state index < -0.39 is 0 Å². The van der Waals surface area contributed by atoms with Crippen molar-refractivity contribution in [3.05, 3.63) is 57.2 Å². The summed E-state index contributed by atoms with van der Waals surface area (Å²) < 4.78 is 7.98. The van der Waals surface area contributed by atoms with Gasteiger partial charge in [0.15, 0.2) is 6.61 Å². The molecule has 0 saturated carbocycles. The average molecular weight is 342 g/mol. The lowest BCUT2D eigenvalue weighted by Crippen LogP contribution is -2.20. The maximum Gasteiger partial charge on any atom is 0.307 e. The third-order valence-electron chi connectivity index (χ3n) is 3.64. The highest BCUT2D eigenvalue weighted by atomic mass is 32.1. The molecule has 1 heterocycles. The minimum absolute atomic E-state index is 0.0216. The van der Waals surface area contributed by atoms with Crippen molar-refractivity contribution in [2.45, 2.75) is 13.8 Å². The third-order valence-corrected chi connectivity index (χ3v) is 4.64. The lowest BCUT2D eigenvalue weighted by atomic mass is 10.1. The van der Waals surface area contributed by atoms with Gasteiger partial charge in [-0.25, -0.2) is 0 Å². The lowest BCUT2D eigenvalue weighted by molar-refractivity contribution is -0.118. The van der Waals surface area contributed by atoms with E-state index in [4.69, 9.17) is 4.74 Å². The molecule has 0 spiro atoms. The first-order valence-electron chi connectivity index (χ1n) is 7.53. The number of ether oxygens (including phenoxy) is 1. The summed E-state index contributed by atoms with van der Waals surface area (Å²) >= 11 is 1.16. The number of nitrogens with one attached hydrogen (secondary N) is 1. The number of hydrogen-bond acceptors (Lipinski definition) is 4. The zero-order chi connectivity index (χ0) is 17.3. The number of benzene rings is 2. The molecule has 0 aliphatic heterocycles. The number of anilines is 1. The van der Waals surface area contributed by atoms with Gasteiger partial charge in [-0.3, -0.25) is 9.59 Å². The first kappa shape index (κ1) is 16.3. The van der Waals surface area contributed by atoms with Crippen LogP contribution in [0.3, 0.4) is 0 Å². The number of carbonyl (C=O) groups is 1. The van der Waals surface area contributed by atoms with Crippen LogP contribution in [-0.2, 0) is 11.8 Å². The van der Waals surface area contributed by atoms with Crippen molar-refractivity contribution in [1.82, 2.24) is 4.57 Å². The van der Waals surface area contributed by atoms with Crippen LogP contribution in [0.25, 0.3) is 10.2 Å². The fraction of sp³-hybridized carbons (Fsp3) is 0.222. The predicted molar refractivity (Wildman–Crippen MR) is 97.1 cm³/mol. The average Bonchev–Trinajstić information content (AvgIpc) is 2.79. The molecule has 6 heteroatoms. The minimum Gasteiger partial charge on any atom is -0.484 e. The molecular weight excluding hydrogens is 324 g/mol. The zero-order valence-corrected chi connectivity index (χ0v) is 14.6. The molecule has 0 saturated heterocycles. The van der Waals surface area contributed by atoms with Gasteiger partial charge < -0.3 is 14.6 Å². The van der Waals surface area contributed by atoms with Crippen LogP contribution in [0.2, 0.25) is 0 Å². The number of thiazole rings is 1. The summed E-state index contributed by atoms with van der Waals surface area (Å²) in [5, 5.41) is 2.79. The fourth-order valence-electron chi connectivity index (χ4n) is 2.57. The van der Waals surface area contributed by atoms with Crippen molar-refractivity contribution in [2.75, 3.05) is 11.9 Å². The third kappa shape index (κ3) is 3.49. The van der Waals surface area contributed by atoms with Crippen LogP contribution < -0.4 is 14.9 Å². The molecule has 124 valence electrons. The molecule has 3 rings (SSSR count). The van der Waals surface area contributed by atoms with Crippen LogP contribution in [0.1, 0.15) is 11.1 Å². The van der Waals surface area contributed by atoms with E-state index in [2.05, 4.69) is 5.32 Å². The molecule has 0 atom stereocenters. The van der Waals surface area contributed by atoms with Gasteiger partial charge in [0, 0.05) is 12.7 Å². The van der Waals surface area contributed by atoms with E-state index in [0.29, 0.717) is 11.4 Å². The molecule has 1 aromatic heterocycles. The number of aromatic nitrogens is 1. The highest BCUT2D eigenvalue weighted by Gasteiger charge is 2.08. The summed E-state index contributed by atoms with van der Waals surface area (Å²) in [6.45, 7) is 3.91. The van der Waals surface area contributed by atoms with Gasteiger partial charge in [-0.15, -0.1) is 0 Å². The van der Waals surface area contributed by atoms with Crippen molar-refractivity contribution in [3.8, 4) is 5.75 Å². The van der Waals surface area contributed by atoms with Gasteiger partial charge in [0.2, 0.25) is 0 Å². The number of rotatable bonds is 4. The quantitative estimate of drug-likeness (QED) is 0.792. The number of carbonyl (C=O) groups excluding carboxylic acids is 1. The normalized spacial score (nSPS) is 10.8. The summed E-state index contributed by atoms with van der Waals surface area (Å²) in [5.74, 6) is 0.441. The fourth-order valence-corrected chi connectivity index (χ4v) is 3.49. The molecule has 5 nitrogen and oxygen atoms in total. The van der Waals surface area contributed by atoms with Crippen LogP contribution in [0.4, 0.5) is 5.69 Å². The smallest absolute Gasteiger partial charge is 0.307 e. The number of fused-ring (bicyclic) bond motifs is 1. The van der Waals surface area contributed by atoms with Crippen LogP contribution in [-0.4, -0.2) is 17.1 Å². The Kier molecular flexibility index (Phi) is 4.40. The Morgan fingerprint density at radius 1 is 1.17 bits per heavy atom. The van der Waals surface area contributed by atoms with Crippen LogP contribution in [0.5, 0.6) is 5.75 Å².